The largest absolute Gasteiger partial charge is 0.278 e. The predicted octanol–water partition coefficient (Wildman–Crippen LogP) is 12.5. The second kappa shape index (κ2) is 10.5. The van der Waals surface area contributed by atoms with Crippen LogP contribution in [0.3, 0.4) is 0 Å². The van der Waals surface area contributed by atoms with Gasteiger partial charge in [-0.2, -0.15) is 9.97 Å². The van der Waals surface area contributed by atoms with E-state index in [0.717, 1.165) is 38.8 Å². The number of hydrogen-bond donors (Lipinski definition) is 0. The van der Waals surface area contributed by atoms with Crippen molar-refractivity contribution < 1.29 is 0 Å². The summed E-state index contributed by atoms with van der Waals surface area (Å²) in [6, 6.07) is 56.1. The summed E-state index contributed by atoms with van der Waals surface area (Å²) in [5.74, 6) is 1.89. The highest BCUT2D eigenvalue weighted by atomic mass is 32.1. The first kappa shape index (κ1) is 27.5. The van der Waals surface area contributed by atoms with Crippen molar-refractivity contribution in [2.75, 3.05) is 4.90 Å². The molecule has 0 fully saturated rings. The van der Waals surface area contributed by atoms with Crippen LogP contribution in [-0.2, 0) is 0 Å². The number of thiophene rings is 1. The SMILES string of the molecule is c1ccc2cc3c(cc2c1)-c1cccc2cccc(c12)N3c1nc(-c2cccc3ccccc23)nc(-c2cccc3c2sc2ccccc23)n1. The molecule has 0 bridgehead atoms. The predicted molar refractivity (Wildman–Crippen MR) is 210 cm³/mol. The van der Waals surface area contributed by atoms with E-state index in [4.69, 9.17) is 15.0 Å². The summed E-state index contributed by atoms with van der Waals surface area (Å²) in [7, 11) is 0. The van der Waals surface area contributed by atoms with Crippen LogP contribution in [0.2, 0.25) is 0 Å². The lowest BCUT2D eigenvalue weighted by Crippen LogP contribution is -2.19. The second-order valence-electron chi connectivity index (χ2n) is 12.8. The molecule has 5 heteroatoms. The van der Waals surface area contributed by atoms with Crippen LogP contribution in [0.1, 0.15) is 0 Å². The number of benzene rings is 8. The lowest BCUT2D eigenvalue weighted by atomic mass is 9.90. The summed E-state index contributed by atoms with van der Waals surface area (Å²) in [6.07, 6.45) is 0. The van der Waals surface area contributed by atoms with E-state index in [1.54, 1.807) is 11.3 Å². The fraction of sp³-hybridized carbons (Fsp3) is 0. The zero-order chi connectivity index (χ0) is 32.8. The lowest BCUT2D eigenvalue weighted by Gasteiger charge is -2.32. The molecule has 0 saturated heterocycles. The minimum absolute atomic E-state index is 0.592. The number of aromatic nitrogens is 3. The average molecular weight is 655 g/mol. The van der Waals surface area contributed by atoms with Crippen LogP contribution in [0.25, 0.3) is 86.4 Å². The van der Waals surface area contributed by atoms with Crippen LogP contribution in [0.5, 0.6) is 0 Å². The van der Waals surface area contributed by atoms with Crippen molar-refractivity contribution in [3.63, 3.8) is 0 Å². The number of rotatable bonds is 3. The zero-order valence-corrected chi connectivity index (χ0v) is 27.5. The van der Waals surface area contributed by atoms with Gasteiger partial charge in [-0.15, -0.1) is 11.3 Å². The third-order valence-electron chi connectivity index (χ3n) is 10.0. The maximum absolute atomic E-state index is 5.40. The molecule has 50 heavy (non-hydrogen) atoms. The first-order valence-corrected chi connectivity index (χ1v) is 17.6. The number of anilines is 3. The molecule has 0 amide bonds. The molecule has 0 saturated carbocycles. The Bertz CT molecular complexity index is 3010. The molecule has 232 valence electrons. The van der Waals surface area contributed by atoms with Gasteiger partial charge in [-0.05, 0) is 62.8 Å². The smallest absolute Gasteiger partial charge is 0.238 e. The summed E-state index contributed by atoms with van der Waals surface area (Å²) in [4.78, 5) is 18.3. The highest BCUT2D eigenvalue weighted by Gasteiger charge is 2.29. The Morgan fingerprint density at radius 3 is 1.86 bits per heavy atom. The Morgan fingerprint density at radius 2 is 1.00 bits per heavy atom. The minimum Gasteiger partial charge on any atom is -0.278 e. The van der Waals surface area contributed by atoms with Gasteiger partial charge in [-0.3, -0.25) is 4.90 Å². The van der Waals surface area contributed by atoms with E-state index in [1.807, 2.05) is 0 Å². The molecule has 2 aromatic heterocycles. The van der Waals surface area contributed by atoms with Crippen LogP contribution in [0.15, 0.2) is 158 Å². The monoisotopic (exact) mass is 654 g/mol. The van der Waals surface area contributed by atoms with Gasteiger partial charge in [0.15, 0.2) is 11.6 Å². The van der Waals surface area contributed by atoms with Crippen molar-refractivity contribution in [2.45, 2.75) is 0 Å². The normalized spacial score (nSPS) is 12.4. The van der Waals surface area contributed by atoms with Crippen LogP contribution in [-0.4, -0.2) is 15.0 Å². The van der Waals surface area contributed by atoms with Gasteiger partial charge in [0.1, 0.15) is 0 Å². The molecule has 0 unspecified atom stereocenters. The van der Waals surface area contributed by atoms with E-state index >= 15 is 0 Å². The van der Waals surface area contributed by atoms with Gasteiger partial charge in [0.25, 0.3) is 0 Å². The van der Waals surface area contributed by atoms with E-state index in [9.17, 15) is 0 Å². The standard InChI is InChI=1S/C45H26N4S/c1-2-13-30-26-39-37(25-29(30)12-1)33-19-8-15-28-16-9-23-38(41(28)33)49(39)45-47-43(35-21-7-14-27-11-3-4-17-31(27)35)46-44(48-45)36-22-10-20-34-32-18-5-6-24-40(32)50-42(34)36/h1-26H. The van der Waals surface area contributed by atoms with Gasteiger partial charge in [-0.1, -0.05) is 127 Å². The molecule has 4 nitrogen and oxygen atoms in total. The van der Waals surface area contributed by atoms with E-state index in [1.165, 1.54) is 47.3 Å². The molecule has 10 aromatic rings. The molecule has 0 N–H and O–H groups in total. The number of nitrogens with zero attached hydrogens (tertiary/aromatic N) is 4. The fourth-order valence-corrected chi connectivity index (χ4v) is 8.97. The third kappa shape index (κ3) is 4.01. The van der Waals surface area contributed by atoms with E-state index in [2.05, 4.69) is 163 Å². The topological polar surface area (TPSA) is 41.9 Å². The van der Waals surface area contributed by atoms with Crippen molar-refractivity contribution in [1.82, 2.24) is 15.0 Å². The lowest BCUT2D eigenvalue weighted by molar-refractivity contribution is 1.03. The molecule has 1 aliphatic heterocycles. The van der Waals surface area contributed by atoms with Gasteiger partial charge < -0.3 is 0 Å². The fourth-order valence-electron chi connectivity index (χ4n) is 7.76. The quantitative estimate of drug-likeness (QED) is 0.190. The molecular weight excluding hydrogens is 629 g/mol. The molecule has 0 radical (unpaired) electrons. The van der Waals surface area contributed by atoms with Crippen LogP contribution in [0, 0.1) is 0 Å². The summed E-state index contributed by atoms with van der Waals surface area (Å²) in [6.45, 7) is 0. The third-order valence-corrected chi connectivity index (χ3v) is 11.2. The maximum Gasteiger partial charge on any atom is 0.238 e. The van der Waals surface area contributed by atoms with Crippen molar-refractivity contribution in [1.29, 1.82) is 0 Å². The molecule has 0 spiro atoms. The molecule has 11 rings (SSSR count). The highest BCUT2D eigenvalue weighted by Crippen LogP contribution is 2.51. The first-order valence-electron chi connectivity index (χ1n) is 16.8. The Morgan fingerprint density at radius 1 is 0.400 bits per heavy atom. The molecular formula is C45H26N4S. The Kier molecular flexibility index (Phi) is 5.80. The maximum atomic E-state index is 5.40. The molecule has 0 atom stereocenters. The molecule has 8 aromatic carbocycles. The average Bonchev–Trinajstić information content (AvgIpc) is 3.56. The molecule has 3 heterocycles. The number of hydrogen-bond acceptors (Lipinski definition) is 5. The first-order chi connectivity index (χ1) is 24.8. The van der Waals surface area contributed by atoms with Gasteiger partial charge in [0, 0.05) is 42.2 Å². The van der Waals surface area contributed by atoms with E-state index in [-0.39, 0.29) is 0 Å². The van der Waals surface area contributed by atoms with Crippen LogP contribution < -0.4 is 4.90 Å². The molecule has 0 aliphatic carbocycles. The Balaban J connectivity index is 1.25. The van der Waals surface area contributed by atoms with Crippen molar-refractivity contribution in [2.24, 2.45) is 0 Å². The van der Waals surface area contributed by atoms with Crippen molar-refractivity contribution in [3.8, 4) is 33.9 Å². The van der Waals surface area contributed by atoms with Gasteiger partial charge in [0.05, 0.1) is 11.4 Å². The summed E-state index contributed by atoms with van der Waals surface area (Å²) < 4.78 is 2.42. The Hall–Kier alpha value is -6.43. The molecule has 1 aliphatic rings. The van der Waals surface area contributed by atoms with Gasteiger partial charge >= 0.3 is 0 Å². The minimum atomic E-state index is 0.592. The van der Waals surface area contributed by atoms with Crippen molar-refractivity contribution >= 4 is 81.1 Å². The zero-order valence-electron chi connectivity index (χ0n) is 26.7. The summed E-state index contributed by atoms with van der Waals surface area (Å²) in [5, 5.41) is 9.46. The highest BCUT2D eigenvalue weighted by molar-refractivity contribution is 7.26. The van der Waals surface area contributed by atoms with E-state index in [0.29, 0.717) is 17.6 Å². The van der Waals surface area contributed by atoms with Crippen LogP contribution >= 0.6 is 11.3 Å². The van der Waals surface area contributed by atoms with E-state index < -0.39 is 0 Å². The second-order valence-corrected chi connectivity index (χ2v) is 13.9. The Labute approximate surface area is 291 Å². The number of fused-ring (bicyclic) bond motifs is 7. The van der Waals surface area contributed by atoms with Crippen LogP contribution in [0.4, 0.5) is 17.3 Å². The summed E-state index contributed by atoms with van der Waals surface area (Å²) >= 11 is 1.79. The van der Waals surface area contributed by atoms with Gasteiger partial charge in [-0.25, -0.2) is 4.98 Å². The van der Waals surface area contributed by atoms with Gasteiger partial charge in [0.2, 0.25) is 5.95 Å². The van der Waals surface area contributed by atoms with Crippen molar-refractivity contribution in [3.05, 3.63) is 158 Å². The summed E-state index contributed by atoms with van der Waals surface area (Å²) in [5.41, 5.74) is 6.47.